The number of aromatic carboxylic acids is 1. The number of hydrogen-bond acceptors (Lipinski definition) is 4. The lowest BCUT2D eigenvalue weighted by atomic mass is 10.1. The smallest absolute Gasteiger partial charge is 0.341 e. The van der Waals surface area contributed by atoms with E-state index in [0.717, 1.165) is 18.9 Å². The Kier molecular flexibility index (Phi) is 5.54. The third-order valence-corrected chi connectivity index (χ3v) is 5.34. The first-order valence-electron chi connectivity index (χ1n) is 8.70. The van der Waals surface area contributed by atoms with Crippen LogP contribution in [0.2, 0.25) is 5.02 Å². The van der Waals surface area contributed by atoms with Gasteiger partial charge in [-0.15, -0.1) is 12.4 Å². The number of carboxylic acids is 1. The molecule has 7 nitrogen and oxygen atoms in total. The van der Waals surface area contributed by atoms with E-state index in [-0.39, 0.29) is 46.9 Å². The highest BCUT2D eigenvalue weighted by Crippen LogP contribution is 2.42. The normalized spacial score (nSPS) is 17.1. The van der Waals surface area contributed by atoms with Crippen molar-refractivity contribution in [3.05, 3.63) is 38.9 Å². The van der Waals surface area contributed by atoms with Gasteiger partial charge in [0.05, 0.1) is 21.6 Å². The first kappa shape index (κ1) is 20.4. The molecule has 2 fully saturated rings. The summed E-state index contributed by atoms with van der Waals surface area (Å²) in [5.74, 6) is -2.17. The quantitative estimate of drug-likeness (QED) is 0.781. The lowest BCUT2D eigenvalue weighted by Gasteiger charge is -2.25. The Bertz CT molecular complexity index is 1040. The zero-order valence-electron chi connectivity index (χ0n) is 14.7. The van der Waals surface area contributed by atoms with E-state index in [2.05, 4.69) is 5.32 Å². The molecule has 1 saturated heterocycles. The fraction of sp³-hybridized carbons (Fsp3) is 0.389. The summed E-state index contributed by atoms with van der Waals surface area (Å²) < 4.78 is 16.6. The van der Waals surface area contributed by atoms with Crippen molar-refractivity contribution in [1.82, 2.24) is 9.88 Å². The van der Waals surface area contributed by atoms with Gasteiger partial charge in [-0.25, -0.2) is 9.18 Å². The Balaban J connectivity index is 0.00000225. The summed E-state index contributed by atoms with van der Waals surface area (Å²) in [7, 11) is 0. The van der Waals surface area contributed by atoms with Crippen LogP contribution in [0, 0.1) is 5.82 Å². The maximum atomic E-state index is 14.9. The molecule has 0 atom stereocenters. The van der Waals surface area contributed by atoms with Crippen LogP contribution in [0.5, 0.6) is 0 Å². The maximum Gasteiger partial charge on any atom is 0.341 e. The van der Waals surface area contributed by atoms with Crippen molar-refractivity contribution in [3.8, 4) is 0 Å². The number of carboxylic acid groups (broad SMARTS) is 1. The maximum absolute atomic E-state index is 14.9. The standard InChI is InChI=1S/C18H17ClFN3O4.ClH/c19-14-15-10(17(25)11(18(26)27)8-23(15)9-1-2-9)7-12(20)16(14)22-5-3-13(24)21-4-6-22;/h7-9H,1-6H2,(H,21,24)(H,26,27);1H. The number of benzene rings is 1. The van der Waals surface area contributed by atoms with Gasteiger partial charge in [0.25, 0.3) is 0 Å². The molecule has 1 saturated carbocycles. The minimum Gasteiger partial charge on any atom is -0.477 e. The van der Waals surface area contributed by atoms with Gasteiger partial charge >= 0.3 is 5.97 Å². The van der Waals surface area contributed by atoms with Crippen LogP contribution in [0.25, 0.3) is 10.9 Å². The van der Waals surface area contributed by atoms with Crippen LogP contribution in [-0.2, 0) is 4.79 Å². The molecule has 10 heteroatoms. The zero-order chi connectivity index (χ0) is 19.3. The lowest BCUT2D eigenvalue weighted by molar-refractivity contribution is -0.120. The van der Waals surface area contributed by atoms with E-state index in [9.17, 15) is 23.9 Å². The van der Waals surface area contributed by atoms with Crippen molar-refractivity contribution in [2.45, 2.75) is 25.3 Å². The molecular weight excluding hydrogens is 412 g/mol. The third kappa shape index (κ3) is 3.42. The van der Waals surface area contributed by atoms with E-state index < -0.39 is 22.8 Å². The number of aromatic nitrogens is 1. The number of halogens is 3. The number of fused-ring (bicyclic) bond motifs is 1. The average Bonchev–Trinajstić information content (AvgIpc) is 3.44. The number of nitrogens with one attached hydrogen (secondary N) is 1. The van der Waals surface area contributed by atoms with Gasteiger partial charge < -0.3 is 19.9 Å². The van der Waals surface area contributed by atoms with Gasteiger partial charge in [-0.1, -0.05) is 11.6 Å². The Labute approximate surface area is 170 Å². The first-order valence-corrected chi connectivity index (χ1v) is 9.08. The minimum absolute atomic E-state index is 0. The molecule has 0 bridgehead atoms. The van der Waals surface area contributed by atoms with Crippen molar-refractivity contribution in [2.24, 2.45) is 0 Å². The predicted molar refractivity (Wildman–Crippen MR) is 105 cm³/mol. The molecule has 2 aromatic rings. The molecular formula is C18H18Cl2FN3O4. The van der Waals surface area contributed by atoms with Gasteiger partial charge in [-0.2, -0.15) is 0 Å². The van der Waals surface area contributed by atoms with Crippen LogP contribution in [-0.4, -0.2) is 41.2 Å². The highest BCUT2D eigenvalue weighted by molar-refractivity contribution is 6.38. The number of carbonyl (C=O) groups is 2. The molecule has 2 heterocycles. The molecule has 1 aromatic heterocycles. The molecule has 28 heavy (non-hydrogen) atoms. The Morgan fingerprint density at radius 1 is 1.29 bits per heavy atom. The van der Waals surface area contributed by atoms with E-state index in [0.29, 0.717) is 25.2 Å². The average molecular weight is 430 g/mol. The molecule has 0 spiro atoms. The van der Waals surface area contributed by atoms with Gasteiger partial charge in [0.15, 0.2) is 0 Å². The Hall–Kier alpha value is -2.32. The molecule has 2 aliphatic rings. The summed E-state index contributed by atoms with van der Waals surface area (Å²) in [6.07, 6.45) is 3.18. The van der Waals surface area contributed by atoms with E-state index in [1.165, 1.54) is 6.20 Å². The largest absolute Gasteiger partial charge is 0.477 e. The van der Waals surface area contributed by atoms with Crippen molar-refractivity contribution >= 4 is 52.5 Å². The fourth-order valence-corrected chi connectivity index (χ4v) is 3.91. The third-order valence-electron chi connectivity index (χ3n) is 4.98. The first-order chi connectivity index (χ1) is 12.9. The summed E-state index contributed by atoms with van der Waals surface area (Å²) in [5.41, 5.74) is -0.678. The summed E-state index contributed by atoms with van der Waals surface area (Å²) in [6.45, 7) is 1.05. The number of hydrogen-bond donors (Lipinski definition) is 2. The van der Waals surface area contributed by atoms with Gasteiger partial charge in [0, 0.05) is 38.3 Å². The van der Waals surface area contributed by atoms with Gasteiger partial charge in [0.1, 0.15) is 11.4 Å². The Morgan fingerprint density at radius 3 is 2.64 bits per heavy atom. The Morgan fingerprint density at radius 2 is 2.00 bits per heavy atom. The van der Waals surface area contributed by atoms with Crippen LogP contribution in [0.1, 0.15) is 35.7 Å². The van der Waals surface area contributed by atoms with Gasteiger partial charge in [-0.05, 0) is 18.9 Å². The van der Waals surface area contributed by atoms with Gasteiger partial charge in [-0.3, -0.25) is 9.59 Å². The van der Waals surface area contributed by atoms with E-state index >= 15 is 0 Å². The van der Waals surface area contributed by atoms with Crippen LogP contribution in [0.3, 0.4) is 0 Å². The van der Waals surface area contributed by atoms with Gasteiger partial charge in [0.2, 0.25) is 11.3 Å². The summed E-state index contributed by atoms with van der Waals surface area (Å²) in [5, 5.41) is 12.1. The molecule has 0 radical (unpaired) electrons. The fourth-order valence-electron chi connectivity index (χ4n) is 3.51. The topological polar surface area (TPSA) is 91.6 Å². The highest BCUT2D eigenvalue weighted by Gasteiger charge is 2.30. The zero-order valence-corrected chi connectivity index (χ0v) is 16.3. The van der Waals surface area contributed by atoms with Crippen molar-refractivity contribution < 1.29 is 19.1 Å². The van der Waals surface area contributed by atoms with Crippen LogP contribution in [0.15, 0.2) is 17.1 Å². The molecule has 1 aliphatic carbocycles. The second-order valence-corrected chi connectivity index (χ2v) is 7.20. The number of amides is 1. The summed E-state index contributed by atoms with van der Waals surface area (Å²) in [4.78, 5) is 37.3. The molecule has 4 rings (SSSR count). The number of anilines is 1. The van der Waals surface area contributed by atoms with E-state index in [1.807, 2.05) is 0 Å². The van der Waals surface area contributed by atoms with E-state index in [4.69, 9.17) is 11.6 Å². The summed E-state index contributed by atoms with van der Waals surface area (Å²) >= 11 is 6.56. The van der Waals surface area contributed by atoms with Crippen molar-refractivity contribution in [2.75, 3.05) is 24.5 Å². The molecule has 0 unspecified atom stereocenters. The highest BCUT2D eigenvalue weighted by atomic mass is 35.5. The van der Waals surface area contributed by atoms with Crippen LogP contribution >= 0.6 is 24.0 Å². The number of pyridine rings is 1. The second kappa shape index (κ2) is 7.60. The molecule has 150 valence electrons. The minimum atomic E-state index is -1.35. The molecule has 1 amide bonds. The molecule has 1 aromatic carbocycles. The number of rotatable bonds is 3. The number of carbonyl (C=O) groups excluding carboxylic acids is 1. The molecule has 1 aliphatic heterocycles. The summed E-state index contributed by atoms with van der Waals surface area (Å²) in [6, 6.07) is 1.10. The van der Waals surface area contributed by atoms with Crippen LogP contribution in [0.4, 0.5) is 10.1 Å². The van der Waals surface area contributed by atoms with E-state index in [1.54, 1.807) is 9.47 Å². The van der Waals surface area contributed by atoms with Crippen LogP contribution < -0.4 is 15.6 Å². The van der Waals surface area contributed by atoms with Crippen molar-refractivity contribution in [1.29, 1.82) is 0 Å². The predicted octanol–water partition coefficient (Wildman–Crippen LogP) is 2.58. The molecule has 2 N–H and O–H groups in total. The SMILES string of the molecule is Cl.O=C1CCN(c2c(F)cc3c(=O)c(C(=O)O)cn(C4CC4)c3c2Cl)CCN1. The lowest BCUT2D eigenvalue weighted by Crippen LogP contribution is -2.29. The number of nitrogens with zero attached hydrogens (tertiary/aromatic N) is 2. The second-order valence-electron chi connectivity index (χ2n) is 6.82. The monoisotopic (exact) mass is 429 g/mol. The van der Waals surface area contributed by atoms with Crippen molar-refractivity contribution in [3.63, 3.8) is 0 Å².